The lowest BCUT2D eigenvalue weighted by Gasteiger charge is -2.16. The second-order valence-corrected chi connectivity index (χ2v) is 8.39. The van der Waals surface area contributed by atoms with Crippen LogP contribution in [-0.2, 0) is 24.4 Å². The number of aromatic nitrogens is 4. The average Bonchev–Trinajstić information content (AvgIpc) is 3.48. The minimum Gasteiger partial charge on any atom is -0.354 e. The van der Waals surface area contributed by atoms with Crippen molar-refractivity contribution in [3.63, 3.8) is 0 Å². The highest BCUT2D eigenvalue weighted by Crippen LogP contribution is 2.32. The molecule has 6 nitrogen and oxygen atoms in total. The highest BCUT2D eigenvalue weighted by atomic mass is 32.2. The van der Waals surface area contributed by atoms with Gasteiger partial charge in [0.1, 0.15) is 5.82 Å². The monoisotopic (exact) mass is 449 g/mol. The molecule has 0 spiro atoms. The van der Waals surface area contributed by atoms with E-state index in [1.54, 1.807) is 10.6 Å². The molecule has 1 fully saturated rings. The molecule has 2 aromatic heterocycles. The van der Waals surface area contributed by atoms with Crippen LogP contribution in [0.3, 0.4) is 0 Å². The molecule has 3 heterocycles. The largest absolute Gasteiger partial charge is 0.416 e. The van der Waals surface area contributed by atoms with Crippen LogP contribution in [0.2, 0.25) is 0 Å². The minimum absolute atomic E-state index is 0.00470. The zero-order chi connectivity index (χ0) is 22.0. The molecule has 0 radical (unpaired) electrons. The predicted octanol–water partition coefficient (Wildman–Crippen LogP) is 3.93. The van der Waals surface area contributed by atoms with Crippen LogP contribution in [0.5, 0.6) is 0 Å². The molecule has 1 saturated heterocycles. The highest BCUT2D eigenvalue weighted by Gasteiger charge is 2.31. The molecule has 4 rings (SSSR count). The minimum atomic E-state index is -4.46. The van der Waals surface area contributed by atoms with E-state index in [-0.39, 0.29) is 11.7 Å². The van der Waals surface area contributed by atoms with Crippen LogP contribution in [0, 0.1) is 0 Å². The van der Waals surface area contributed by atoms with Crippen molar-refractivity contribution in [1.29, 1.82) is 0 Å². The van der Waals surface area contributed by atoms with Gasteiger partial charge in [-0.15, -0.1) is 10.2 Å². The molecule has 1 aromatic carbocycles. The van der Waals surface area contributed by atoms with Gasteiger partial charge in [0.2, 0.25) is 5.91 Å². The van der Waals surface area contributed by atoms with Gasteiger partial charge in [0.05, 0.1) is 17.0 Å². The SMILES string of the molecule is Cn1cccc1Cc1nnc(SCC(=O)N2CCCC2)n1-c1cccc(C(F)(F)F)c1. The Morgan fingerprint density at radius 1 is 1.13 bits per heavy atom. The first-order valence-corrected chi connectivity index (χ1v) is 10.9. The summed E-state index contributed by atoms with van der Waals surface area (Å²) in [7, 11) is 1.89. The number of nitrogens with zero attached hydrogens (tertiary/aromatic N) is 5. The molecule has 10 heteroatoms. The van der Waals surface area contributed by atoms with Gasteiger partial charge in [0, 0.05) is 38.4 Å². The van der Waals surface area contributed by atoms with E-state index in [1.165, 1.54) is 17.8 Å². The number of carbonyl (C=O) groups excluding carboxylic acids is 1. The van der Waals surface area contributed by atoms with Gasteiger partial charge in [0.15, 0.2) is 5.16 Å². The van der Waals surface area contributed by atoms with E-state index in [0.29, 0.717) is 23.1 Å². The van der Waals surface area contributed by atoms with Gasteiger partial charge in [-0.2, -0.15) is 13.2 Å². The fourth-order valence-electron chi connectivity index (χ4n) is 3.62. The zero-order valence-electron chi connectivity index (χ0n) is 17.0. The Labute approximate surface area is 182 Å². The van der Waals surface area contributed by atoms with Gasteiger partial charge in [-0.25, -0.2) is 0 Å². The summed E-state index contributed by atoms with van der Waals surface area (Å²) in [6.07, 6.45) is -0.172. The Hall–Kier alpha value is -2.75. The molecule has 1 aliphatic rings. The first-order chi connectivity index (χ1) is 14.8. The second-order valence-electron chi connectivity index (χ2n) is 7.45. The molecule has 1 amide bonds. The van der Waals surface area contributed by atoms with Gasteiger partial charge in [-0.05, 0) is 43.2 Å². The van der Waals surface area contributed by atoms with Crippen molar-refractivity contribution >= 4 is 17.7 Å². The average molecular weight is 450 g/mol. The number of thioether (sulfide) groups is 1. The smallest absolute Gasteiger partial charge is 0.354 e. The van der Waals surface area contributed by atoms with Crippen molar-refractivity contribution in [3.05, 3.63) is 59.7 Å². The molecule has 0 saturated carbocycles. The number of amides is 1. The van der Waals surface area contributed by atoms with E-state index < -0.39 is 11.7 Å². The molecule has 0 bridgehead atoms. The van der Waals surface area contributed by atoms with Crippen molar-refractivity contribution in [2.45, 2.75) is 30.6 Å². The van der Waals surface area contributed by atoms with Gasteiger partial charge in [-0.3, -0.25) is 9.36 Å². The van der Waals surface area contributed by atoms with Gasteiger partial charge < -0.3 is 9.47 Å². The standard InChI is InChI=1S/C21H22F3N5OS/c1-27-9-5-8-16(27)13-18-25-26-20(31-14-19(30)28-10-2-3-11-28)29(18)17-7-4-6-15(12-17)21(22,23)24/h4-9,12H,2-3,10-11,13-14H2,1H3. The van der Waals surface area contributed by atoms with Crippen molar-refractivity contribution in [1.82, 2.24) is 24.2 Å². The summed E-state index contributed by atoms with van der Waals surface area (Å²) in [6.45, 7) is 1.50. The van der Waals surface area contributed by atoms with E-state index in [4.69, 9.17) is 0 Å². The number of alkyl halides is 3. The zero-order valence-corrected chi connectivity index (χ0v) is 17.8. The number of carbonyl (C=O) groups is 1. The molecule has 1 aliphatic heterocycles. The number of benzene rings is 1. The molecule has 0 N–H and O–H groups in total. The lowest BCUT2D eigenvalue weighted by molar-refractivity contribution is -0.137. The summed E-state index contributed by atoms with van der Waals surface area (Å²) in [6, 6.07) is 8.91. The van der Waals surface area contributed by atoms with Crippen LogP contribution in [-0.4, -0.2) is 49.0 Å². The molecule has 0 atom stereocenters. The number of hydrogen-bond donors (Lipinski definition) is 0. The number of aryl methyl sites for hydroxylation is 1. The number of halogens is 3. The van der Waals surface area contributed by atoms with Gasteiger partial charge in [0.25, 0.3) is 0 Å². The summed E-state index contributed by atoms with van der Waals surface area (Å²) in [5.74, 6) is 0.684. The van der Waals surface area contributed by atoms with Crippen LogP contribution < -0.4 is 0 Å². The maximum atomic E-state index is 13.3. The van der Waals surface area contributed by atoms with Crippen LogP contribution in [0.1, 0.15) is 29.9 Å². The maximum Gasteiger partial charge on any atom is 0.416 e. The lowest BCUT2D eigenvalue weighted by Crippen LogP contribution is -2.29. The van der Waals surface area contributed by atoms with Crippen LogP contribution in [0.15, 0.2) is 47.8 Å². The summed E-state index contributed by atoms with van der Waals surface area (Å²) in [5.41, 5.74) is 0.526. The third-order valence-electron chi connectivity index (χ3n) is 5.31. The third kappa shape index (κ3) is 4.79. The molecule has 0 unspecified atom stereocenters. The molecule has 164 valence electrons. The van der Waals surface area contributed by atoms with Crippen molar-refractivity contribution in [3.8, 4) is 5.69 Å². The van der Waals surface area contributed by atoms with Crippen LogP contribution in [0.4, 0.5) is 13.2 Å². The predicted molar refractivity (Wildman–Crippen MR) is 111 cm³/mol. The Bertz CT molecular complexity index is 1070. The van der Waals surface area contributed by atoms with E-state index in [2.05, 4.69) is 10.2 Å². The third-order valence-corrected chi connectivity index (χ3v) is 6.22. The summed E-state index contributed by atoms with van der Waals surface area (Å²) in [4.78, 5) is 14.3. The Morgan fingerprint density at radius 3 is 2.58 bits per heavy atom. The molecule has 31 heavy (non-hydrogen) atoms. The van der Waals surface area contributed by atoms with E-state index >= 15 is 0 Å². The highest BCUT2D eigenvalue weighted by molar-refractivity contribution is 7.99. The number of rotatable bonds is 6. The van der Waals surface area contributed by atoms with E-state index in [1.807, 2.05) is 34.8 Å². The number of likely N-dealkylation sites (tertiary alicyclic amines) is 1. The molecular weight excluding hydrogens is 427 g/mol. The van der Waals surface area contributed by atoms with Crippen molar-refractivity contribution in [2.24, 2.45) is 7.05 Å². The molecular formula is C21H22F3N5OS. The Balaban J connectivity index is 1.66. The van der Waals surface area contributed by atoms with Crippen molar-refractivity contribution < 1.29 is 18.0 Å². The molecule has 0 aliphatic carbocycles. The maximum absolute atomic E-state index is 13.3. The number of hydrogen-bond acceptors (Lipinski definition) is 4. The van der Waals surface area contributed by atoms with E-state index in [9.17, 15) is 18.0 Å². The Morgan fingerprint density at radius 2 is 1.90 bits per heavy atom. The fourth-order valence-corrected chi connectivity index (χ4v) is 4.49. The quantitative estimate of drug-likeness (QED) is 0.535. The second kappa shape index (κ2) is 8.78. The summed E-state index contributed by atoms with van der Waals surface area (Å²) >= 11 is 1.20. The fraction of sp³-hybridized carbons (Fsp3) is 0.381. The first-order valence-electron chi connectivity index (χ1n) is 9.95. The van der Waals surface area contributed by atoms with Gasteiger partial charge >= 0.3 is 6.18 Å². The van der Waals surface area contributed by atoms with Crippen LogP contribution in [0.25, 0.3) is 5.69 Å². The van der Waals surface area contributed by atoms with Crippen molar-refractivity contribution in [2.75, 3.05) is 18.8 Å². The van der Waals surface area contributed by atoms with E-state index in [0.717, 1.165) is 43.8 Å². The Kier molecular flexibility index (Phi) is 6.08. The summed E-state index contributed by atoms with van der Waals surface area (Å²) < 4.78 is 43.4. The lowest BCUT2D eigenvalue weighted by atomic mass is 10.2. The topological polar surface area (TPSA) is 56.0 Å². The first kappa shape index (κ1) is 21.5. The molecule has 3 aromatic rings. The van der Waals surface area contributed by atoms with Crippen LogP contribution >= 0.6 is 11.8 Å². The van der Waals surface area contributed by atoms with Gasteiger partial charge in [-0.1, -0.05) is 17.8 Å². The summed E-state index contributed by atoms with van der Waals surface area (Å²) in [5, 5.41) is 8.86. The normalized spacial score (nSPS) is 14.4.